The standard InChI is InChI=1S/C15H21ClN2O2/c1-6-18-12(15(16)9(3)17-18)7-13(19)14-8(2)10(4)20-11(14)5/h13,19H,6-7H2,1-5H3. The van der Waals surface area contributed by atoms with E-state index in [-0.39, 0.29) is 0 Å². The average molecular weight is 297 g/mol. The molecule has 0 radical (unpaired) electrons. The molecule has 2 heterocycles. The van der Waals surface area contributed by atoms with Crippen LogP contribution in [0.2, 0.25) is 5.02 Å². The van der Waals surface area contributed by atoms with Crippen molar-refractivity contribution in [3.8, 4) is 0 Å². The highest BCUT2D eigenvalue weighted by molar-refractivity contribution is 6.31. The smallest absolute Gasteiger partial charge is 0.107 e. The molecule has 2 aromatic heterocycles. The zero-order chi connectivity index (χ0) is 15.0. The first-order valence-electron chi connectivity index (χ1n) is 6.83. The summed E-state index contributed by atoms with van der Waals surface area (Å²) in [6, 6.07) is 0. The van der Waals surface area contributed by atoms with Gasteiger partial charge in [-0.2, -0.15) is 5.10 Å². The van der Waals surface area contributed by atoms with Crippen LogP contribution in [0.3, 0.4) is 0 Å². The van der Waals surface area contributed by atoms with Crippen molar-refractivity contribution in [1.29, 1.82) is 0 Å². The Bertz CT molecular complexity index is 628. The molecule has 2 aromatic rings. The van der Waals surface area contributed by atoms with Gasteiger partial charge in [0.15, 0.2) is 0 Å². The lowest BCUT2D eigenvalue weighted by Gasteiger charge is -2.13. The van der Waals surface area contributed by atoms with E-state index in [9.17, 15) is 5.11 Å². The van der Waals surface area contributed by atoms with Crippen molar-refractivity contribution in [3.63, 3.8) is 0 Å². The van der Waals surface area contributed by atoms with E-state index in [1.165, 1.54) is 0 Å². The third-order valence-corrected chi connectivity index (χ3v) is 4.28. The van der Waals surface area contributed by atoms with Crippen LogP contribution < -0.4 is 0 Å². The first-order valence-corrected chi connectivity index (χ1v) is 7.20. The van der Waals surface area contributed by atoms with Gasteiger partial charge < -0.3 is 9.52 Å². The molecule has 1 unspecified atom stereocenters. The number of nitrogens with zero attached hydrogens (tertiary/aromatic N) is 2. The molecule has 4 nitrogen and oxygen atoms in total. The third-order valence-electron chi connectivity index (χ3n) is 3.79. The molecule has 110 valence electrons. The molecule has 0 aliphatic heterocycles. The number of aryl methyl sites for hydroxylation is 4. The zero-order valence-electron chi connectivity index (χ0n) is 12.6. The van der Waals surface area contributed by atoms with Gasteiger partial charge in [0.1, 0.15) is 11.5 Å². The highest BCUT2D eigenvalue weighted by Crippen LogP contribution is 2.31. The molecule has 0 aliphatic carbocycles. The second-order valence-electron chi connectivity index (χ2n) is 5.13. The summed E-state index contributed by atoms with van der Waals surface area (Å²) < 4.78 is 7.43. The maximum absolute atomic E-state index is 10.5. The fraction of sp³-hybridized carbons (Fsp3) is 0.533. The predicted molar refractivity (Wildman–Crippen MR) is 79.2 cm³/mol. The summed E-state index contributed by atoms with van der Waals surface area (Å²) in [5.41, 5.74) is 3.54. The molecule has 0 saturated heterocycles. The first kappa shape index (κ1) is 15.1. The minimum Gasteiger partial charge on any atom is -0.466 e. The van der Waals surface area contributed by atoms with Gasteiger partial charge >= 0.3 is 0 Å². The first-order chi connectivity index (χ1) is 9.36. The molecule has 0 spiro atoms. The van der Waals surface area contributed by atoms with Crippen molar-refractivity contribution in [1.82, 2.24) is 9.78 Å². The van der Waals surface area contributed by atoms with Gasteiger partial charge in [-0.3, -0.25) is 4.68 Å². The summed E-state index contributed by atoms with van der Waals surface area (Å²) in [4.78, 5) is 0. The normalized spacial score (nSPS) is 12.9. The van der Waals surface area contributed by atoms with E-state index in [0.717, 1.165) is 40.6 Å². The topological polar surface area (TPSA) is 51.2 Å². The lowest BCUT2D eigenvalue weighted by Crippen LogP contribution is -2.10. The van der Waals surface area contributed by atoms with E-state index in [2.05, 4.69) is 5.10 Å². The number of hydrogen-bond donors (Lipinski definition) is 1. The number of aliphatic hydroxyl groups is 1. The molecule has 20 heavy (non-hydrogen) atoms. The molecule has 1 atom stereocenters. The largest absolute Gasteiger partial charge is 0.466 e. The second-order valence-corrected chi connectivity index (χ2v) is 5.51. The Morgan fingerprint density at radius 1 is 1.25 bits per heavy atom. The van der Waals surface area contributed by atoms with E-state index in [0.29, 0.717) is 11.4 Å². The van der Waals surface area contributed by atoms with Gasteiger partial charge in [0.2, 0.25) is 0 Å². The Morgan fingerprint density at radius 3 is 2.40 bits per heavy atom. The fourth-order valence-electron chi connectivity index (χ4n) is 2.65. The molecule has 0 bridgehead atoms. The van der Waals surface area contributed by atoms with Gasteiger partial charge in [0.25, 0.3) is 0 Å². The highest BCUT2D eigenvalue weighted by atomic mass is 35.5. The minimum atomic E-state index is -0.633. The summed E-state index contributed by atoms with van der Waals surface area (Å²) in [7, 11) is 0. The third kappa shape index (κ3) is 2.50. The Morgan fingerprint density at radius 2 is 1.90 bits per heavy atom. The second kappa shape index (κ2) is 5.62. The monoisotopic (exact) mass is 296 g/mol. The Kier molecular flexibility index (Phi) is 4.25. The molecule has 0 fully saturated rings. The number of furan rings is 1. The number of aromatic nitrogens is 2. The molecule has 0 saturated carbocycles. The molecular formula is C15H21ClN2O2. The van der Waals surface area contributed by atoms with Crippen LogP contribution >= 0.6 is 11.6 Å². The van der Waals surface area contributed by atoms with Gasteiger partial charge in [-0.1, -0.05) is 11.6 Å². The highest BCUT2D eigenvalue weighted by Gasteiger charge is 2.23. The van der Waals surface area contributed by atoms with Crippen molar-refractivity contribution >= 4 is 11.6 Å². The van der Waals surface area contributed by atoms with Crippen LogP contribution in [0, 0.1) is 27.7 Å². The van der Waals surface area contributed by atoms with Crippen molar-refractivity contribution < 1.29 is 9.52 Å². The minimum absolute atomic E-state index is 0.439. The SMILES string of the molecule is CCn1nc(C)c(Cl)c1CC(O)c1c(C)oc(C)c1C. The molecule has 1 N–H and O–H groups in total. The van der Waals surface area contributed by atoms with Gasteiger partial charge in [-0.15, -0.1) is 0 Å². The quantitative estimate of drug-likeness (QED) is 0.937. The van der Waals surface area contributed by atoms with Gasteiger partial charge in [0.05, 0.1) is 22.5 Å². The fourth-order valence-corrected chi connectivity index (χ4v) is 2.86. The molecule has 2 rings (SSSR count). The van der Waals surface area contributed by atoms with Crippen molar-refractivity contribution in [3.05, 3.63) is 39.1 Å². The molecule has 5 heteroatoms. The van der Waals surface area contributed by atoms with E-state index >= 15 is 0 Å². The summed E-state index contributed by atoms with van der Waals surface area (Å²) in [5.74, 6) is 1.62. The zero-order valence-corrected chi connectivity index (χ0v) is 13.4. The van der Waals surface area contributed by atoms with Gasteiger partial charge in [-0.05, 0) is 40.2 Å². The number of aliphatic hydroxyl groups excluding tert-OH is 1. The number of hydrogen-bond acceptors (Lipinski definition) is 3. The van der Waals surface area contributed by atoms with Gasteiger partial charge in [0, 0.05) is 18.5 Å². The average Bonchev–Trinajstić information content (AvgIpc) is 2.80. The summed E-state index contributed by atoms with van der Waals surface area (Å²) in [5, 5.41) is 15.6. The van der Waals surface area contributed by atoms with Crippen molar-refractivity contribution in [2.24, 2.45) is 0 Å². The van der Waals surface area contributed by atoms with Crippen molar-refractivity contribution in [2.45, 2.75) is 53.7 Å². The van der Waals surface area contributed by atoms with Crippen LogP contribution in [0.1, 0.15) is 47.1 Å². The van der Waals surface area contributed by atoms with Crippen LogP contribution in [-0.2, 0) is 13.0 Å². The lowest BCUT2D eigenvalue weighted by molar-refractivity contribution is 0.173. The van der Waals surface area contributed by atoms with Crippen LogP contribution in [0.5, 0.6) is 0 Å². The van der Waals surface area contributed by atoms with E-state index in [1.807, 2.05) is 39.3 Å². The van der Waals surface area contributed by atoms with Crippen LogP contribution in [0.25, 0.3) is 0 Å². The van der Waals surface area contributed by atoms with Gasteiger partial charge in [-0.25, -0.2) is 0 Å². The van der Waals surface area contributed by atoms with E-state index in [4.69, 9.17) is 16.0 Å². The lowest BCUT2D eigenvalue weighted by atomic mass is 10.0. The summed E-state index contributed by atoms with van der Waals surface area (Å²) in [6.07, 6.45) is -0.194. The number of rotatable bonds is 4. The molecular weight excluding hydrogens is 276 g/mol. The predicted octanol–water partition coefficient (Wildman–Crippen LogP) is 3.66. The van der Waals surface area contributed by atoms with E-state index < -0.39 is 6.10 Å². The van der Waals surface area contributed by atoms with E-state index in [1.54, 1.807) is 0 Å². The maximum Gasteiger partial charge on any atom is 0.107 e. The van der Waals surface area contributed by atoms with Crippen molar-refractivity contribution in [2.75, 3.05) is 0 Å². The Hall–Kier alpha value is -1.26. The number of halogens is 1. The molecule has 0 aliphatic rings. The molecule has 0 aromatic carbocycles. The molecule has 0 amide bonds. The summed E-state index contributed by atoms with van der Waals surface area (Å²) >= 11 is 6.29. The van der Waals surface area contributed by atoms with Crippen LogP contribution in [0.15, 0.2) is 4.42 Å². The maximum atomic E-state index is 10.5. The Labute approximate surface area is 124 Å². The van der Waals surface area contributed by atoms with Crippen LogP contribution in [-0.4, -0.2) is 14.9 Å². The summed E-state index contributed by atoms with van der Waals surface area (Å²) in [6.45, 7) is 10.4. The van der Waals surface area contributed by atoms with Crippen LogP contribution in [0.4, 0.5) is 0 Å². The Balaban J connectivity index is 2.35.